The quantitative estimate of drug-likeness (QED) is 0.804. The molecule has 2 heterocycles. The predicted molar refractivity (Wildman–Crippen MR) is 88.0 cm³/mol. The van der Waals surface area contributed by atoms with Crippen LogP contribution in [0.3, 0.4) is 0 Å². The molecule has 0 aliphatic carbocycles. The second-order valence-corrected chi connectivity index (χ2v) is 8.39. The summed E-state index contributed by atoms with van der Waals surface area (Å²) < 4.78 is 29.7. The molecule has 1 amide bonds. The molecule has 7 nitrogen and oxygen atoms in total. The van der Waals surface area contributed by atoms with Crippen molar-refractivity contribution in [3.05, 3.63) is 17.0 Å². The number of anilines is 1. The fourth-order valence-electron chi connectivity index (χ4n) is 2.47. The lowest BCUT2D eigenvalue weighted by molar-refractivity contribution is -0.120. The first kappa shape index (κ1) is 17.9. The summed E-state index contributed by atoms with van der Waals surface area (Å²) in [4.78, 5) is 23.9. The first-order valence-corrected chi connectivity index (χ1v) is 9.82. The molecule has 0 spiro atoms. The molecule has 0 atom stereocenters. The van der Waals surface area contributed by atoms with E-state index < -0.39 is 16.0 Å². The number of ether oxygens (including phenoxy) is 1. The van der Waals surface area contributed by atoms with E-state index in [4.69, 9.17) is 0 Å². The summed E-state index contributed by atoms with van der Waals surface area (Å²) in [5.41, 5.74) is 0.330. The van der Waals surface area contributed by atoms with Crippen molar-refractivity contribution in [3.63, 3.8) is 0 Å². The third kappa shape index (κ3) is 4.10. The van der Waals surface area contributed by atoms with Crippen LogP contribution < -0.4 is 5.32 Å². The highest BCUT2D eigenvalue weighted by Crippen LogP contribution is 2.27. The summed E-state index contributed by atoms with van der Waals surface area (Å²) in [7, 11) is -1.91. The third-order valence-corrected chi connectivity index (χ3v) is 6.60. The fourth-order valence-corrected chi connectivity index (χ4v) is 4.38. The lowest BCUT2D eigenvalue weighted by Gasteiger charge is -2.30. The Balaban J connectivity index is 1.96. The van der Waals surface area contributed by atoms with Crippen molar-refractivity contribution in [2.75, 3.05) is 31.3 Å². The van der Waals surface area contributed by atoms with Crippen molar-refractivity contribution in [2.24, 2.45) is 5.92 Å². The van der Waals surface area contributed by atoms with E-state index in [0.717, 1.165) is 0 Å². The number of esters is 1. The maximum Gasteiger partial charge on any atom is 0.340 e. The molecule has 1 aromatic heterocycles. The SMILES string of the molecule is CCS(=O)(=O)N1CCC(C(=O)Nc2sccc2C(=O)OC)CC1. The van der Waals surface area contributed by atoms with E-state index in [0.29, 0.717) is 36.5 Å². The van der Waals surface area contributed by atoms with Gasteiger partial charge in [-0.15, -0.1) is 11.3 Å². The molecule has 1 aliphatic rings. The largest absolute Gasteiger partial charge is 0.465 e. The van der Waals surface area contributed by atoms with Crippen molar-refractivity contribution < 1.29 is 22.7 Å². The molecule has 1 aromatic rings. The minimum atomic E-state index is -3.20. The average molecular weight is 360 g/mol. The van der Waals surface area contributed by atoms with Crippen molar-refractivity contribution in [1.82, 2.24) is 4.31 Å². The molecule has 128 valence electrons. The van der Waals surface area contributed by atoms with Crippen LogP contribution in [0.5, 0.6) is 0 Å². The van der Waals surface area contributed by atoms with E-state index in [1.807, 2.05) is 0 Å². The maximum absolute atomic E-state index is 12.3. The van der Waals surface area contributed by atoms with Gasteiger partial charge in [-0.2, -0.15) is 0 Å². The Morgan fingerprint density at radius 3 is 2.61 bits per heavy atom. The zero-order valence-corrected chi connectivity index (χ0v) is 14.7. The van der Waals surface area contributed by atoms with Crippen molar-refractivity contribution in [3.8, 4) is 0 Å². The number of methoxy groups -OCH3 is 1. The van der Waals surface area contributed by atoms with E-state index in [1.54, 1.807) is 18.4 Å². The number of nitrogens with zero attached hydrogens (tertiary/aromatic N) is 1. The van der Waals surface area contributed by atoms with Gasteiger partial charge in [0.1, 0.15) is 5.00 Å². The molecular weight excluding hydrogens is 340 g/mol. The highest BCUT2D eigenvalue weighted by molar-refractivity contribution is 7.89. The summed E-state index contributed by atoms with van der Waals surface area (Å²) >= 11 is 1.25. The van der Waals surface area contributed by atoms with Gasteiger partial charge in [0, 0.05) is 19.0 Å². The van der Waals surface area contributed by atoms with Crippen LogP contribution in [-0.4, -0.2) is 50.6 Å². The van der Waals surface area contributed by atoms with Crippen LogP contribution in [0, 0.1) is 5.92 Å². The molecular formula is C14H20N2O5S2. The highest BCUT2D eigenvalue weighted by atomic mass is 32.2. The second kappa shape index (κ2) is 7.41. The van der Waals surface area contributed by atoms with E-state index in [1.165, 1.54) is 22.8 Å². The molecule has 0 aromatic carbocycles. The minimum Gasteiger partial charge on any atom is -0.465 e. The van der Waals surface area contributed by atoms with Gasteiger partial charge in [-0.1, -0.05) is 0 Å². The molecule has 0 bridgehead atoms. The zero-order valence-electron chi connectivity index (χ0n) is 13.1. The van der Waals surface area contributed by atoms with Gasteiger partial charge in [-0.3, -0.25) is 4.79 Å². The standard InChI is InChI=1S/C14H20N2O5S2/c1-3-23(19,20)16-7-4-10(5-8-16)12(17)15-13-11(6-9-22-13)14(18)21-2/h6,9-10H,3-5,7-8H2,1-2H3,(H,15,17). The van der Waals surface area contributed by atoms with E-state index >= 15 is 0 Å². The zero-order chi connectivity index (χ0) is 17.0. The highest BCUT2D eigenvalue weighted by Gasteiger charge is 2.30. The van der Waals surface area contributed by atoms with E-state index in [-0.39, 0.29) is 17.6 Å². The minimum absolute atomic E-state index is 0.0710. The molecule has 1 saturated heterocycles. The van der Waals surface area contributed by atoms with E-state index in [9.17, 15) is 18.0 Å². The van der Waals surface area contributed by atoms with Gasteiger partial charge in [0.2, 0.25) is 15.9 Å². The van der Waals surface area contributed by atoms with Crippen molar-refractivity contribution in [2.45, 2.75) is 19.8 Å². The number of amides is 1. The Morgan fingerprint density at radius 1 is 1.39 bits per heavy atom. The number of hydrogen-bond acceptors (Lipinski definition) is 6. The molecule has 1 N–H and O–H groups in total. The lowest BCUT2D eigenvalue weighted by Crippen LogP contribution is -2.42. The molecule has 9 heteroatoms. The Morgan fingerprint density at radius 2 is 2.04 bits per heavy atom. The second-order valence-electron chi connectivity index (χ2n) is 5.22. The lowest BCUT2D eigenvalue weighted by atomic mass is 9.97. The summed E-state index contributed by atoms with van der Waals surface area (Å²) in [6, 6.07) is 1.60. The van der Waals surface area contributed by atoms with Gasteiger partial charge in [-0.25, -0.2) is 17.5 Å². The van der Waals surface area contributed by atoms with Gasteiger partial charge in [-0.05, 0) is 31.2 Å². The average Bonchev–Trinajstić information content (AvgIpc) is 3.02. The van der Waals surface area contributed by atoms with E-state index in [2.05, 4.69) is 10.1 Å². The Bertz CT molecular complexity index is 675. The van der Waals surface area contributed by atoms with Gasteiger partial charge in [0.05, 0.1) is 18.4 Å². The fraction of sp³-hybridized carbons (Fsp3) is 0.571. The topological polar surface area (TPSA) is 92.8 Å². The van der Waals surface area contributed by atoms with Crippen LogP contribution in [0.4, 0.5) is 5.00 Å². The van der Waals surface area contributed by atoms with Crippen molar-refractivity contribution >= 4 is 38.2 Å². The molecule has 0 unspecified atom stereocenters. The molecule has 0 radical (unpaired) electrons. The molecule has 0 saturated carbocycles. The number of nitrogens with one attached hydrogen (secondary N) is 1. The normalized spacial score (nSPS) is 17.0. The van der Waals surface area contributed by atoms with Crippen LogP contribution in [0.2, 0.25) is 0 Å². The van der Waals surface area contributed by atoms with Crippen LogP contribution >= 0.6 is 11.3 Å². The summed E-state index contributed by atoms with van der Waals surface area (Å²) in [5, 5.41) is 4.92. The van der Waals surface area contributed by atoms with Gasteiger partial charge >= 0.3 is 5.97 Å². The van der Waals surface area contributed by atoms with Gasteiger partial charge < -0.3 is 10.1 Å². The monoisotopic (exact) mass is 360 g/mol. The summed E-state index contributed by atoms with van der Waals surface area (Å²) in [6.45, 7) is 2.31. The number of hydrogen-bond donors (Lipinski definition) is 1. The number of thiophene rings is 1. The predicted octanol–water partition coefficient (Wildman–Crippen LogP) is 1.53. The summed E-state index contributed by atoms with van der Waals surface area (Å²) in [5.74, 6) is -0.871. The van der Waals surface area contributed by atoms with Crippen LogP contribution in [0.25, 0.3) is 0 Å². The Labute approximate surface area is 139 Å². The molecule has 1 aliphatic heterocycles. The molecule has 1 fully saturated rings. The summed E-state index contributed by atoms with van der Waals surface area (Å²) in [6.07, 6.45) is 0.952. The van der Waals surface area contributed by atoms with Crippen LogP contribution in [0.1, 0.15) is 30.1 Å². The van der Waals surface area contributed by atoms with Gasteiger partial charge in [0.15, 0.2) is 0 Å². The Hall–Kier alpha value is -1.45. The number of carbonyl (C=O) groups excluding carboxylic acids is 2. The molecule has 23 heavy (non-hydrogen) atoms. The van der Waals surface area contributed by atoms with Crippen LogP contribution in [-0.2, 0) is 19.6 Å². The number of rotatable bonds is 5. The number of carbonyl (C=O) groups is 2. The smallest absolute Gasteiger partial charge is 0.340 e. The third-order valence-electron chi connectivity index (χ3n) is 3.89. The first-order chi connectivity index (χ1) is 10.9. The van der Waals surface area contributed by atoms with Crippen LogP contribution in [0.15, 0.2) is 11.4 Å². The number of piperidine rings is 1. The molecule has 2 rings (SSSR count). The Kier molecular flexibility index (Phi) is 5.77. The first-order valence-electron chi connectivity index (χ1n) is 7.33. The van der Waals surface area contributed by atoms with Gasteiger partial charge in [0.25, 0.3) is 0 Å². The van der Waals surface area contributed by atoms with Crippen molar-refractivity contribution in [1.29, 1.82) is 0 Å². The number of sulfonamides is 1. The maximum atomic E-state index is 12.3.